The molecule has 0 spiro atoms. The van der Waals surface area contributed by atoms with Crippen molar-refractivity contribution in [3.8, 4) is 5.75 Å². The lowest BCUT2D eigenvalue weighted by Crippen LogP contribution is -2.35. The van der Waals surface area contributed by atoms with Crippen LogP contribution in [0.15, 0.2) is 60.7 Å². The van der Waals surface area contributed by atoms with Gasteiger partial charge >= 0.3 is 5.97 Å². The summed E-state index contributed by atoms with van der Waals surface area (Å²) in [6, 6.07) is 16.0. The van der Waals surface area contributed by atoms with Crippen molar-refractivity contribution in [3.05, 3.63) is 99.6 Å². The third kappa shape index (κ3) is 5.19. The lowest BCUT2D eigenvalue weighted by atomic mass is 9.87. The van der Waals surface area contributed by atoms with Crippen molar-refractivity contribution >= 4 is 34.7 Å². The SMILES string of the molecule is O=C(O)c1ccc2nc(CN3CCC(c4cccc5c4O[C@@H](c4ccc(Cl)cc4F)C=C5)CC3)n(C[C@@H]3CCO3)c2c1. The third-order valence-corrected chi connectivity index (χ3v) is 8.92. The molecule has 3 aromatic carbocycles. The number of hydrogen-bond donors (Lipinski definition) is 1. The largest absolute Gasteiger partial charge is 0.481 e. The van der Waals surface area contributed by atoms with E-state index in [4.69, 9.17) is 26.1 Å². The zero-order chi connectivity index (χ0) is 28.8. The highest BCUT2D eigenvalue weighted by atomic mass is 35.5. The van der Waals surface area contributed by atoms with Gasteiger partial charge in [0.1, 0.15) is 23.5 Å². The molecule has 0 bridgehead atoms. The zero-order valence-corrected chi connectivity index (χ0v) is 23.8. The van der Waals surface area contributed by atoms with E-state index in [1.165, 1.54) is 6.07 Å². The molecule has 2 atom stereocenters. The summed E-state index contributed by atoms with van der Waals surface area (Å²) in [4.78, 5) is 18.9. The van der Waals surface area contributed by atoms with Crippen LogP contribution in [0, 0.1) is 5.82 Å². The van der Waals surface area contributed by atoms with E-state index in [-0.39, 0.29) is 17.5 Å². The van der Waals surface area contributed by atoms with Crippen molar-refractivity contribution in [1.82, 2.24) is 14.5 Å². The summed E-state index contributed by atoms with van der Waals surface area (Å²) in [5, 5.41) is 9.89. The second-order valence-corrected chi connectivity index (χ2v) is 11.7. The predicted molar refractivity (Wildman–Crippen MR) is 159 cm³/mol. The summed E-state index contributed by atoms with van der Waals surface area (Å²) in [7, 11) is 0. The summed E-state index contributed by atoms with van der Waals surface area (Å²) in [6.45, 7) is 3.90. The molecular formula is C33H31ClFN3O4. The first-order chi connectivity index (χ1) is 20.4. The normalized spacial score (nSPS) is 20.7. The molecule has 0 radical (unpaired) electrons. The fourth-order valence-electron chi connectivity index (χ4n) is 6.28. The number of para-hydroxylation sites is 1. The number of nitrogens with zero attached hydrogens (tertiary/aromatic N) is 3. The minimum Gasteiger partial charge on any atom is -0.481 e. The number of aromatic nitrogens is 2. The van der Waals surface area contributed by atoms with E-state index in [0.717, 1.165) is 72.7 Å². The summed E-state index contributed by atoms with van der Waals surface area (Å²) in [5.74, 6) is 0.758. The first-order valence-electron chi connectivity index (χ1n) is 14.4. The Morgan fingerprint density at radius 2 is 1.90 bits per heavy atom. The number of halogens is 2. The monoisotopic (exact) mass is 587 g/mol. The molecule has 42 heavy (non-hydrogen) atoms. The standard InChI is InChI=1S/C33H31ClFN3O4/c34-23-6-7-26(27(35)17-23)30-9-5-21-2-1-3-25(32(21)42-30)20-10-13-37(14-11-20)19-31-36-28-8-4-22(33(39)40)16-29(28)38(31)18-24-12-15-41-24/h1-9,16-17,20,24,30H,10-15,18-19H2,(H,39,40)/t24-,30+/m0/s1. The molecule has 4 heterocycles. The number of likely N-dealkylation sites (tertiary alicyclic amines) is 1. The molecule has 9 heteroatoms. The van der Waals surface area contributed by atoms with Gasteiger partial charge in [0, 0.05) is 22.8 Å². The van der Waals surface area contributed by atoms with Crippen LogP contribution >= 0.6 is 11.6 Å². The predicted octanol–water partition coefficient (Wildman–Crippen LogP) is 6.84. The van der Waals surface area contributed by atoms with Gasteiger partial charge in [0.2, 0.25) is 0 Å². The van der Waals surface area contributed by atoms with Crippen molar-refractivity contribution in [3.63, 3.8) is 0 Å². The first-order valence-corrected chi connectivity index (χ1v) is 14.8. The zero-order valence-electron chi connectivity index (χ0n) is 23.0. The van der Waals surface area contributed by atoms with E-state index in [2.05, 4.69) is 21.6 Å². The van der Waals surface area contributed by atoms with Crippen LogP contribution in [0.4, 0.5) is 4.39 Å². The Bertz CT molecular complexity index is 1690. The number of carboxylic acids is 1. The topological polar surface area (TPSA) is 76.8 Å². The number of hydrogen-bond acceptors (Lipinski definition) is 5. The van der Waals surface area contributed by atoms with Gasteiger partial charge in [-0.05, 0) is 80.2 Å². The average molecular weight is 588 g/mol. The Morgan fingerprint density at radius 3 is 2.64 bits per heavy atom. The number of fused-ring (bicyclic) bond motifs is 2. The molecule has 3 aliphatic rings. The number of rotatable bonds is 7. The van der Waals surface area contributed by atoms with E-state index in [1.54, 1.807) is 30.3 Å². The Labute approximate surface area is 248 Å². The van der Waals surface area contributed by atoms with Gasteiger partial charge in [0.25, 0.3) is 0 Å². The van der Waals surface area contributed by atoms with Crippen LogP contribution in [0.25, 0.3) is 17.1 Å². The third-order valence-electron chi connectivity index (χ3n) is 8.69. The van der Waals surface area contributed by atoms with Crippen LogP contribution in [-0.2, 0) is 17.8 Å². The summed E-state index contributed by atoms with van der Waals surface area (Å²) < 4.78 is 29.0. The number of imidazole rings is 1. The molecule has 7 rings (SSSR count). The summed E-state index contributed by atoms with van der Waals surface area (Å²) in [5.41, 5.74) is 4.53. The van der Waals surface area contributed by atoms with Crippen LogP contribution in [0.2, 0.25) is 5.02 Å². The van der Waals surface area contributed by atoms with Crippen LogP contribution in [0.1, 0.15) is 64.2 Å². The highest BCUT2D eigenvalue weighted by Crippen LogP contribution is 2.42. The molecule has 216 valence electrons. The number of aromatic carboxylic acids is 1. The van der Waals surface area contributed by atoms with Gasteiger partial charge in [-0.1, -0.05) is 41.9 Å². The number of benzene rings is 3. The van der Waals surface area contributed by atoms with Gasteiger partial charge in [0.05, 0.1) is 35.8 Å². The van der Waals surface area contributed by atoms with E-state index in [0.29, 0.717) is 29.6 Å². The fraction of sp³-hybridized carbons (Fsp3) is 0.333. The molecule has 7 nitrogen and oxygen atoms in total. The highest BCUT2D eigenvalue weighted by Gasteiger charge is 2.29. The highest BCUT2D eigenvalue weighted by molar-refractivity contribution is 6.30. The van der Waals surface area contributed by atoms with Gasteiger partial charge in [-0.2, -0.15) is 0 Å². The smallest absolute Gasteiger partial charge is 0.335 e. The fourth-order valence-corrected chi connectivity index (χ4v) is 6.44. The maximum Gasteiger partial charge on any atom is 0.335 e. The number of carbonyl (C=O) groups is 1. The van der Waals surface area contributed by atoms with Crippen LogP contribution in [-0.4, -0.2) is 51.3 Å². The van der Waals surface area contributed by atoms with Crippen molar-refractivity contribution in [2.24, 2.45) is 0 Å². The van der Waals surface area contributed by atoms with E-state index in [9.17, 15) is 14.3 Å². The second-order valence-electron chi connectivity index (χ2n) is 11.3. The van der Waals surface area contributed by atoms with Crippen LogP contribution in [0.3, 0.4) is 0 Å². The Kier molecular flexibility index (Phi) is 7.22. The molecule has 3 aliphatic heterocycles. The number of carboxylic acid groups (broad SMARTS) is 1. The summed E-state index contributed by atoms with van der Waals surface area (Å²) in [6.07, 6.45) is 6.43. The molecule has 1 N–H and O–H groups in total. The maximum atomic E-state index is 14.7. The Hall–Kier alpha value is -3.72. The van der Waals surface area contributed by atoms with Gasteiger partial charge in [0.15, 0.2) is 0 Å². The molecule has 0 amide bonds. The number of piperidine rings is 1. The lowest BCUT2D eigenvalue weighted by Gasteiger charge is -2.34. The first kappa shape index (κ1) is 27.1. The Morgan fingerprint density at radius 1 is 1.07 bits per heavy atom. The summed E-state index contributed by atoms with van der Waals surface area (Å²) >= 11 is 5.97. The van der Waals surface area contributed by atoms with Crippen LogP contribution < -0.4 is 4.74 Å². The van der Waals surface area contributed by atoms with E-state index < -0.39 is 12.1 Å². The van der Waals surface area contributed by atoms with Gasteiger partial charge in [-0.15, -0.1) is 0 Å². The quantitative estimate of drug-likeness (QED) is 0.255. The van der Waals surface area contributed by atoms with Crippen LogP contribution in [0.5, 0.6) is 5.75 Å². The minimum atomic E-state index is -0.944. The number of ether oxygens (including phenoxy) is 2. The van der Waals surface area contributed by atoms with Crippen molar-refractivity contribution in [2.45, 2.75) is 50.5 Å². The molecule has 4 aromatic rings. The van der Waals surface area contributed by atoms with Gasteiger partial charge in [-0.25, -0.2) is 14.2 Å². The lowest BCUT2D eigenvalue weighted by molar-refractivity contribution is -0.0592. The molecule has 0 saturated carbocycles. The Balaban J connectivity index is 1.08. The molecule has 1 aromatic heterocycles. The molecule has 2 fully saturated rings. The van der Waals surface area contributed by atoms with E-state index >= 15 is 0 Å². The molecule has 0 unspecified atom stereocenters. The van der Waals surface area contributed by atoms with Crippen molar-refractivity contribution in [1.29, 1.82) is 0 Å². The maximum absolute atomic E-state index is 14.7. The van der Waals surface area contributed by atoms with Gasteiger partial charge < -0.3 is 19.1 Å². The van der Waals surface area contributed by atoms with Gasteiger partial charge in [-0.3, -0.25) is 4.90 Å². The van der Waals surface area contributed by atoms with Crippen molar-refractivity contribution in [2.75, 3.05) is 19.7 Å². The molecular weight excluding hydrogens is 557 g/mol. The minimum absolute atomic E-state index is 0.129. The van der Waals surface area contributed by atoms with Crippen molar-refractivity contribution < 1.29 is 23.8 Å². The molecule has 0 aliphatic carbocycles. The molecule has 2 saturated heterocycles. The second kappa shape index (κ2) is 11.2. The van der Waals surface area contributed by atoms with E-state index in [1.807, 2.05) is 18.2 Å². The average Bonchev–Trinajstić information content (AvgIpc) is 3.30.